The predicted molar refractivity (Wildman–Crippen MR) is 52.4 cm³/mol. The molecule has 0 heterocycles. The Balaban J connectivity index is 2.84. The Morgan fingerprint density at radius 2 is 2.14 bits per heavy atom. The molecule has 0 atom stereocenters. The van der Waals surface area contributed by atoms with Crippen molar-refractivity contribution in [2.24, 2.45) is 5.73 Å². The summed E-state index contributed by atoms with van der Waals surface area (Å²) in [5.74, 6) is 1.13. The third-order valence-electron chi connectivity index (χ3n) is 1.80. The minimum absolute atomic E-state index is 0.0321. The first-order valence-electron chi connectivity index (χ1n) is 4.37. The molecule has 1 rings (SSSR count). The number of nitrogens with two attached hydrogens (primary N) is 1. The van der Waals surface area contributed by atoms with E-state index in [1.165, 1.54) is 0 Å². The lowest BCUT2D eigenvalue weighted by Crippen LogP contribution is -2.02. The van der Waals surface area contributed by atoms with Gasteiger partial charge in [0.25, 0.3) is 0 Å². The molecule has 0 fully saturated rings. The number of benzene rings is 1. The van der Waals surface area contributed by atoms with E-state index in [0.717, 1.165) is 5.56 Å². The molecular weight excluding hydrogens is 185 g/mol. The molecule has 14 heavy (non-hydrogen) atoms. The fourth-order valence-corrected chi connectivity index (χ4v) is 1.11. The molecule has 0 aromatic heterocycles. The molecule has 1 aromatic rings. The monoisotopic (exact) mass is 199 g/mol. The maximum atomic E-state index is 11.9. The van der Waals surface area contributed by atoms with E-state index in [1.54, 1.807) is 19.2 Å². The van der Waals surface area contributed by atoms with Crippen LogP contribution < -0.4 is 15.2 Å². The standard InChI is InChI=1S/C10H14FNO2/c1-13-9-3-2-8(7-12)6-10(9)14-5-4-11/h2-3,6H,4-5,7,12H2,1H3. The summed E-state index contributed by atoms with van der Waals surface area (Å²) >= 11 is 0. The quantitative estimate of drug-likeness (QED) is 0.781. The molecule has 0 spiro atoms. The van der Waals surface area contributed by atoms with E-state index in [-0.39, 0.29) is 6.61 Å². The van der Waals surface area contributed by atoms with Gasteiger partial charge in [0.15, 0.2) is 11.5 Å². The van der Waals surface area contributed by atoms with Gasteiger partial charge in [-0.15, -0.1) is 0 Å². The number of hydrogen-bond donors (Lipinski definition) is 1. The van der Waals surface area contributed by atoms with Gasteiger partial charge in [0, 0.05) is 6.54 Å². The lowest BCUT2D eigenvalue weighted by atomic mass is 10.2. The molecule has 1 aromatic carbocycles. The highest BCUT2D eigenvalue weighted by Crippen LogP contribution is 2.27. The molecular formula is C10H14FNO2. The molecule has 0 aliphatic carbocycles. The molecule has 0 unspecified atom stereocenters. The molecule has 4 heteroatoms. The van der Waals surface area contributed by atoms with Crippen LogP contribution in [0.4, 0.5) is 4.39 Å². The molecule has 0 aliphatic heterocycles. The fourth-order valence-electron chi connectivity index (χ4n) is 1.11. The van der Waals surface area contributed by atoms with Crippen molar-refractivity contribution >= 4 is 0 Å². The zero-order valence-electron chi connectivity index (χ0n) is 8.13. The first-order valence-corrected chi connectivity index (χ1v) is 4.37. The molecule has 0 saturated carbocycles. The summed E-state index contributed by atoms with van der Waals surface area (Å²) in [5.41, 5.74) is 6.40. The Hall–Kier alpha value is -1.29. The summed E-state index contributed by atoms with van der Waals surface area (Å²) in [6, 6.07) is 5.37. The minimum Gasteiger partial charge on any atom is -0.493 e. The summed E-state index contributed by atoms with van der Waals surface area (Å²) in [6.45, 7) is -0.0592. The van der Waals surface area contributed by atoms with Crippen LogP contribution in [0, 0.1) is 0 Å². The van der Waals surface area contributed by atoms with Gasteiger partial charge in [-0.1, -0.05) is 6.07 Å². The van der Waals surface area contributed by atoms with Gasteiger partial charge in [0.1, 0.15) is 13.3 Å². The van der Waals surface area contributed by atoms with Gasteiger partial charge in [0.2, 0.25) is 0 Å². The second-order valence-electron chi connectivity index (χ2n) is 2.73. The summed E-state index contributed by atoms with van der Waals surface area (Å²) in [7, 11) is 1.54. The van der Waals surface area contributed by atoms with Crippen molar-refractivity contribution in [2.45, 2.75) is 6.54 Å². The number of ether oxygens (including phenoxy) is 2. The van der Waals surface area contributed by atoms with Crippen LogP contribution in [0.5, 0.6) is 11.5 Å². The Labute approximate surface area is 82.6 Å². The smallest absolute Gasteiger partial charge is 0.161 e. The zero-order chi connectivity index (χ0) is 10.4. The molecule has 0 radical (unpaired) electrons. The second-order valence-corrected chi connectivity index (χ2v) is 2.73. The summed E-state index contributed by atoms with van der Waals surface area (Å²) in [5, 5.41) is 0. The van der Waals surface area contributed by atoms with Gasteiger partial charge in [-0.3, -0.25) is 0 Å². The van der Waals surface area contributed by atoms with Crippen LogP contribution >= 0.6 is 0 Å². The van der Waals surface area contributed by atoms with E-state index in [0.29, 0.717) is 18.0 Å². The lowest BCUT2D eigenvalue weighted by Gasteiger charge is -2.10. The van der Waals surface area contributed by atoms with Crippen LogP contribution in [0.25, 0.3) is 0 Å². The minimum atomic E-state index is -0.518. The maximum Gasteiger partial charge on any atom is 0.161 e. The summed E-state index contributed by atoms with van der Waals surface area (Å²) in [4.78, 5) is 0. The van der Waals surface area contributed by atoms with Crippen molar-refractivity contribution in [3.63, 3.8) is 0 Å². The lowest BCUT2D eigenvalue weighted by molar-refractivity contribution is 0.260. The first kappa shape index (κ1) is 10.8. The molecule has 0 bridgehead atoms. The Morgan fingerprint density at radius 3 is 2.71 bits per heavy atom. The van der Waals surface area contributed by atoms with E-state index in [2.05, 4.69) is 0 Å². The second kappa shape index (κ2) is 5.44. The van der Waals surface area contributed by atoms with Gasteiger partial charge in [0.05, 0.1) is 7.11 Å². The van der Waals surface area contributed by atoms with Crippen LogP contribution in [0.15, 0.2) is 18.2 Å². The topological polar surface area (TPSA) is 44.5 Å². The fraction of sp³-hybridized carbons (Fsp3) is 0.400. The highest BCUT2D eigenvalue weighted by Gasteiger charge is 2.04. The largest absolute Gasteiger partial charge is 0.493 e. The van der Waals surface area contributed by atoms with Crippen LogP contribution in [-0.4, -0.2) is 20.4 Å². The van der Waals surface area contributed by atoms with Gasteiger partial charge >= 0.3 is 0 Å². The zero-order valence-corrected chi connectivity index (χ0v) is 8.13. The van der Waals surface area contributed by atoms with Crippen molar-refractivity contribution in [3.8, 4) is 11.5 Å². The van der Waals surface area contributed by atoms with E-state index in [4.69, 9.17) is 15.2 Å². The third-order valence-corrected chi connectivity index (χ3v) is 1.80. The van der Waals surface area contributed by atoms with Gasteiger partial charge in [-0.2, -0.15) is 0 Å². The number of halogens is 1. The normalized spacial score (nSPS) is 9.93. The number of rotatable bonds is 5. The Kier molecular flexibility index (Phi) is 4.19. The highest BCUT2D eigenvalue weighted by molar-refractivity contribution is 5.42. The van der Waals surface area contributed by atoms with E-state index in [1.807, 2.05) is 6.07 Å². The van der Waals surface area contributed by atoms with Crippen molar-refractivity contribution in [1.82, 2.24) is 0 Å². The van der Waals surface area contributed by atoms with Crippen LogP contribution in [-0.2, 0) is 6.54 Å². The Morgan fingerprint density at radius 1 is 1.36 bits per heavy atom. The van der Waals surface area contributed by atoms with Gasteiger partial charge < -0.3 is 15.2 Å². The van der Waals surface area contributed by atoms with Crippen LogP contribution in [0.2, 0.25) is 0 Å². The van der Waals surface area contributed by atoms with Gasteiger partial charge in [-0.25, -0.2) is 4.39 Å². The van der Waals surface area contributed by atoms with Gasteiger partial charge in [-0.05, 0) is 17.7 Å². The summed E-state index contributed by atoms with van der Waals surface area (Å²) in [6.07, 6.45) is 0. The van der Waals surface area contributed by atoms with Crippen molar-refractivity contribution in [2.75, 3.05) is 20.4 Å². The van der Waals surface area contributed by atoms with E-state index in [9.17, 15) is 4.39 Å². The van der Waals surface area contributed by atoms with Crippen molar-refractivity contribution in [1.29, 1.82) is 0 Å². The van der Waals surface area contributed by atoms with E-state index < -0.39 is 6.67 Å². The molecule has 0 amide bonds. The number of methoxy groups -OCH3 is 1. The van der Waals surface area contributed by atoms with Crippen molar-refractivity contribution in [3.05, 3.63) is 23.8 Å². The molecule has 0 aliphatic rings. The number of alkyl halides is 1. The predicted octanol–water partition coefficient (Wildman–Crippen LogP) is 1.50. The third kappa shape index (κ3) is 2.60. The highest BCUT2D eigenvalue weighted by atomic mass is 19.1. The summed E-state index contributed by atoms with van der Waals surface area (Å²) < 4.78 is 22.1. The maximum absolute atomic E-state index is 11.9. The van der Waals surface area contributed by atoms with Crippen molar-refractivity contribution < 1.29 is 13.9 Å². The molecule has 3 nitrogen and oxygen atoms in total. The molecule has 2 N–H and O–H groups in total. The van der Waals surface area contributed by atoms with Crippen LogP contribution in [0.1, 0.15) is 5.56 Å². The van der Waals surface area contributed by atoms with Crippen LogP contribution in [0.3, 0.4) is 0 Å². The SMILES string of the molecule is COc1ccc(CN)cc1OCCF. The molecule has 78 valence electrons. The molecule has 0 saturated heterocycles. The first-order chi connectivity index (χ1) is 6.81. The average Bonchev–Trinajstić information content (AvgIpc) is 2.25. The average molecular weight is 199 g/mol. The van der Waals surface area contributed by atoms with E-state index >= 15 is 0 Å². The Bertz CT molecular complexity index is 291. The number of hydrogen-bond acceptors (Lipinski definition) is 3.